The highest BCUT2D eigenvalue weighted by Gasteiger charge is 2.27. The van der Waals surface area contributed by atoms with E-state index in [9.17, 15) is 4.79 Å². The van der Waals surface area contributed by atoms with Gasteiger partial charge in [-0.25, -0.2) is 0 Å². The van der Waals surface area contributed by atoms with E-state index in [1.165, 1.54) is 12.8 Å². The lowest BCUT2D eigenvalue weighted by molar-refractivity contribution is -0.131. The van der Waals surface area contributed by atoms with Crippen LogP contribution in [0.25, 0.3) is 0 Å². The predicted molar refractivity (Wildman–Crippen MR) is 62.2 cm³/mol. The molecule has 0 radical (unpaired) electrons. The molecular weight excluding hydrogens is 204 g/mol. The molecular formula is C12H22N2O2. The molecule has 16 heavy (non-hydrogen) atoms. The Balaban J connectivity index is 1.75. The van der Waals surface area contributed by atoms with Gasteiger partial charge < -0.3 is 15.0 Å². The van der Waals surface area contributed by atoms with Crippen molar-refractivity contribution in [3.8, 4) is 0 Å². The topological polar surface area (TPSA) is 41.6 Å². The van der Waals surface area contributed by atoms with E-state index in [1.807, 2.05) is 4.90 Å². The zero-order valence-electron chi connectivity index (χ0n) is 10.1. The van der Waals surface area contributed by atoms with Crippen LogP contribution in [0.4, 0.5) is 0 Å². The van der Waals surface area contributed by atoms with Gasteiger partial charge in [-0.3, -0.25) is 4.79 Å². The summed E-state index contributed by atoms with van der Waals surface area (Å²) in [6.45, 7) is 6.43. The molecule has 2 fully saturated rings. The standard InChI is InChI=1S/C12H22N2O2/c1-2-10-3-5-14(8-10)12(15)7-11-9-16-6-4-13-11/h10-11,13H,2-9H2,1H3. The molecule has 4 heteroatoms. The van der Waals surface area contributed by atoms with Gasteiger partial charge in [0.1, 0.15) is 0 Å². The quantitative estimate of drug-likeness (QED) is 0.767. The molecule has 0 spiro atoms. The van der Waals surface area contributed by atoms with Crippen LogP contribution in [0.1, 0.15) is 26.2 Å². The van der Waals surface area contributed by atoms with E-state index in [4.69, 9.17) is 4.74 Å². The fraction of sp³-hybridized carbons (Fsp3) is 0.917. The van der Waals surface area contributed by atoms with Gasteiger partial charge in [-0.05, 0) is 12.3 Å². The van der Waals surface area contributed by atoms with Gasteiger partial charge in [0.2, 0.25) is 5.91 Å². The van der Waals surface area contributed by atoms with Crippen LogP contribution in [0.5, 0.6) is 0 Å². The van der Waals surface area contributed by atoms with Gasteiger partial charge in [0, 0.05) is 32.1 Å². The van der Waals surface area contributed by atoms with Gasteiger partial charge in [0.15, 0.2) is 0 Å². The molecule has 2 rings (SSSR count). The van der Waals surface area contributed by atoms with Crippen molar-refractivity contribution in [2.24, 2.45) is 5.92 Å². The number of carbonyl (C=O) groups excluding carboxylic acids is 1. The van der Waals surface area contributed by atoms with Gasteiger partial charge in [-0.15, -0.1) is 0 Å². The van der Waals surface area contributed by atoms with E-state index in [0.29, 0.717) is 18.9 Å². The molecule has 2 atom stereocenters. The maximum absolute atomic E-state index is 12.0. The summed E-state index contributed by atoms with van der Waals surface area (Å²) >= 11 is 0. The third kappa shape index (κ3) is 2.95. The second kappa shape index (κ2) is 5.64. The third-order valence-electron chi connectivity index (χ3n) is 3.64. The molecule has 1 N–H and O–H groups in total. The molecule has 2 unspecified atom stereocenters. The van der Waals surface area contributed by atoms with E-state index >= 15 is 0 Å². The van der Waals surface area contributed by atoms with Gasteiger partial charge in [-0.2, -0.15) is 0 Å². The Kier molecular flexibility index (Phi) is 4.18. The molecule has 2 heterocycles. The Morgan fingerprint density at radius 1 is 1.56 bits per heavy atom. The van der Waals surface area contributed by atoms with Crippen LogP contribution >= 0.6 is 0 Å². The van der Waals surface area contributed by atoms with E-state index in [1.54, 1.807) is 0 Å². The number of likely N-dealkylation sites (tertiary alicyclic amines) is 1. The number of hydrogen-bond acceptors (Lipinski definition) is 3. The number of carbonyl (C=O) groups is 1. The Hall–Kier alpha value is -0.610. The molecule has 92 valence electrons. The summed E-state index contributed by atoms with van der Waals surface area (Å²) in [6.07, 6.45) is 2.96. The van der Waals surface area contributed by atoms with Crippen LogP contribution in [0, 0.1) is 5.92 Å². The van der Waals surface area contributed by atoms with Crippen molar-refractivity contribution in [2.75, 3.05) is 32.8 Å². The number of rotatable bonds is 3. The zero-order valence-corrected chi connectivity index (χ0v) is 10.1. The first-order chi connectivity index (χ1) is 7.79. The van der Waals surface area contributed by atoms with Crippen molar-refractivity contribution in [3.05, 3.63) is 0 Å². The highest BCUT2D eigenvalue weighted by Crippen LogP contribution is 2.20. The summed E-state index contributed by atoms with van der Waals surface area (Å²) in [5.74, 6) is 1.01. The average molecular weight is 226 g/mol. The highest BCUT2D eigenvalue weighted by atomic mass is 16.5. The molecule has 2 aliphatic heterocycles. The Bertz CT molecular complexity index is 239. The SMILES string of the molecule is CCC1CCN(C(=O)CC2COCCN2)C1. The van der Waals surface area contributed by atoms with E-state index < -0.39 is 0 Å². The fourth-order valence-corrected chi connectivity index (χ4v) is 2.48. The van der Waals surface area contributed by atoms with Crippen LogP contribution in [0.3, 0.4) is 0 Å². The van der Waals surface area contributed by atoms with Crippen LogP contribution in [0.15, 0.2) is 0 Å². The molecule has 0 aromatic rings. The van der Waals surface area contributed by atoms with Crippen molar-refractivity contribution in [2.45, 2.75) is 32.2 Å². The first kappa shape index (κ1) is 11.9. The minimum absolute atomic E-state index is 0.224. The largest absolute Gasteiger partial charge is 0.378 e. The van der Waals surface area contributed by atoms with Crippen LogP contribution < -0.4 is 5.32 Å². The van der Waals surface area contributed by atoms with Gasteiger partial charge in [0.05, 0.1) is 13.2 Å². The van der Waals surface area contributed by atoms with Crippen LogP contribution in [0.2, 0.25) is 0 Å². The van der Waals surface area contributed by atoms with Crippen molar-refractivity contribution >= 4 is 5.91 Å². The maximum atomic E-state index is 12.0. The molecule has 2 aliphatic rings. The molecule has 4 nitrogen and oxygen atoms in total. The summed E-state index contributed by atoms with van der Waals surface area (Å²) in [6, 6.07) is 0.224. The summed E-state index contributed by atoms with van der Waals surface area (Å²) in [7, 11) is 0. The van der Waals surface area contributed by atoms with Gasteiger partial charge >= 0.3 is 0 Å². The third-order valence-corrected chi connectivity index (χ3v) is 3.64. The number of ether oxygens (including phenoxy) is 1. The Morgan fingerprint density at radius 2 is 2.44 bits per heavy atom. The Labute approximate surface area is 97.3 Å². The van der Waals surface area contributed by atoms with Crippen molar-refractivity contribution in [3.63, 3.8) is 0 Å². The van der Waals surface area contributed by atoms with Gasteiger partial charge in [0.25, 0.3) is 0 Å². The first-order valence-electron chi connectivity index (χ1n) is 6.38. The highest BCUT2D eigenvalue weighted by molar-refractivity contribution is 5.77. The second-order valence-electron chi connectivity index (χ2n) is 4.83. The lowest BCUT2D eigenvalue weighted by Crippen LogP contribution is -2.44. The zero-order chi connectivity index (χ0) is 11.4. The van der Waals surface area contributed by atoms with Gasteiger partial charge in [-0.1, -0.05) is 13.3 Å². The minimum atomic E-state index is 0.224. The number of morpholine rings is 1. The fourth-order valence-electron chi connectivity index (χ4n) is 2.48. The lowest BCUT2D eigenvalue weighted by atomic mass is 10.1. The molecule has 0 aromatic carbocycles. The van der Waals surface area contributed by atoms with E-state index in [0.717, 1.165) is 32.2 Å². The maximum Gasteiger partial charge on any atom is 0.224 e. The van der Waals surface area contributed by atoms with Crippen LogP contribution in [-0.2, 0) is 9.53 Å². The number of nitrogens with zero attached hydrogens (tertiary/aromatic N) is 1. The lowest BCUT2D eigenvalue weighted by Gasteiger charge is -2.25. The number of nitrogens with one attached hydrogen (secondary N) is 1. The molecule has 2 saturated heterocycles. The second-order valence-corrected chi connectivity index (χ2v) is 4.83. The summed E-state index contributed by atoms with van der Waals surface area (Å²) in [4.78, 5) is 14.0. The van der Waals surface area contributed by atoms with E-state index in [-0.39, 0.29) is 6.04 Å². The Morgan fingerprint density at radius 3 is 3.06 bits per heavy atom. The first-order valence-corrected chi connectivity index (χ1v) is 6.38. The number of amides is 1. The minimum Gasteiger partial charge on any atom is -0.378 e. The van der Waals surface area contributed by atoms with Crippen molar-refractivity contribution < 1.29 is 9.53 Å². The average Bonchev–Trinajstić information content (AvgIpc) is 2.79. The van der Waals surface area contributed by atoms with Crippen LogP contribution in [-0.4, -0.2) is 49.7 Å². The van der Waals surface area contributed by atoms with Crippen molar-refractivity contribution in [1.29, 1.82) is 0 Å². The summed E-state index contributed by atoms with van der Waals surface area (Å²) < 4.78 is 5.35. The van der Waals surface area contributed by atoms with Crippen molar-refractivity contribution in [1.82, 2.24) is 10.2 Å². The molecule has 1 amide bonds. The summed E-state index contributed by atoms with van der Waals surface area (Å²) in [5.41, 5.74) is 0. The smallest absolute Gasteiger partial charge is 0.224 e. The molecule has 0 saturated carbocycles. The normalized spacial score (nSPS) is 30.7. The monoisotopic (exact) mass is 226 g/mol. The van der Waals surface area contributed by atoms with E-state index in [2.05, 4.69) is 12.2 Å². The molecule has 0 bridgehead atoms. The molecule has 0 aliphatic carbocycles. The predicted octanol–water partition coefficient (Wildman–Crippen LogP) is 0.623. The summed E-state index contributed by atoms with van der Waals surface area (Å²) in [5, 5.41) is 3.33. The number of hydrogen-bond donors (Lipinski definition) is 1. The molecule has 0 aromatic heterocycles.